The van der Waals surface area contributed by atoms with E-state index < -0.39 is 10.0 Å². The zero-order chi connectivity index (χ0) is 22.3. The third-order valence-corrected chi connectivity index (χ3v) is 7.86. The number of nitrogens with two attached hydrogens (primary N) is 1. The maximum atomic E-state index is 12.1. The lowest BCUT2D eigenvalue weighted by atomic mass is 9.99. The maximum Gasteiger partial charge on any atom is 0.248 e. The molecule has 2 N–H and O–H groups in total. The molecule has 3 unspecified atom stereocenters. The highest BCUT2D eigenvalue weighted by Gasteiger charge is 2.34. The number of rotatable bonds is 8. The highest BCUT2D eigenvalue weighted by molar-refractivity contribution is 7.92. The molecule has 2 aliphatic carbocycles. The predicted molar refractivity (Wildman–Crippen MR) is 120 cm³/mol. The van der Waals surface area contributed by atoms with Gasteiger partial charge >= 0.3 is 0 Å². The number of aromatic nitrogens is 3. The Kier molecular flexibility index (Phi) is 5.95. The van der Waals surface area contributed by atoms with Gasteiger partial charge in [-0.15, -0.1) is 10.2 Å². The molecule has 2 aliphatic rings. The Morgan fingerprint density at radius 1 is 1.19 bits per heavy atom. The van der Waals surface area contributed by atoms with Crippen molar-refractivity contribution in [2.45, 2.75) is 45.1 Å². The van der Waals surface area contributed by atoms with Crippen molar-refractivity contribution in [1.29, 1.82) is 0 Å². The normalized spacial score (nSPS) is 22.5. The molecular weight excluding hydrogens is 416 g/mol. The van der Waals surface area contributed by atoms with E-state index in [0.29, 0.717) is 46.7 Å². The second kappa shape index (κ2) is 8.38. The summed E-state index contributed by atoms with van der Waals surface area (Å²) in [6.45, 7) is 3.10. The van der Waals surface area contributed by atoms with Crippen LogP contribution in [0.1, 0.15) is 51.0 Å². The van der Waals surface area contributed by atoms with Crippen LogP contribution in [0.15, 0.2) is 16.5 Å². The summed E-state index contributed by atoms with van der Waals surface area (Å²) in [5.41, 5.74) is 7.00. The van der Waals surface area contributed by atoms with Crippen molar-refractivity contribution in [3.63, 3.8) is 0 Å². The summed E-state index contributed by atoms with van der Waals surface area (Å²) in [6, 6.07) is 3.25. The summed E-state index contributed by atoms with van der Waals surface area (Å²) in [6.07, 6.45) is 6.87. The zero-order valence-electron chi connectivity index (χ0n) is 18.7. The van der Waals surface area contributed by atoms with Crippen LogP contribution in [0, 0.1) is 17.8 Å². The number of pyridine rings is 1. The topological polar surface area (TPSA) is 118 Å². The minimum Gasteiger partial charge on any atom is -0.419 e. The summed E-state index contributed by atoms with van der Waals surface area (Å²) >= 11 is 0. The molecule has 9 nitrogen and oxygen atoms in total. The number of sulfonamides is 1. The van der Waals surface area contributed by atoms with E-state index in [2.05, 4.69) is 27.0 Å². The van der Waals surface area contributed by atoms with Crippen LogP contribution in [0.3, 0.4) is 0 Å². The lowest BCUT2D eigenvalue weighted by Gasteiger charge is -2.22. The predicted octanol–water partition coefficient (Wildman–Crippen LogP) is 2.81. The van der Waals surface area contributed by atoms with Crippen LogP contribution >= 0.6 is 0 Å². The van der Waals surface area contributed by atoms with Gasteiger partial charge in [-0.25, -0.2) is 13.4 Å². The van der Waals surface area contributed by atoms with Crippen molar-refractivity contribution in [2.24, 2.45) is 23.5 Å². The summed E-state index contributed by atoms with van der Waals surface area (Å²) < 4.78 is 31.4. The Bertz CT molecular complexity index is 1030. The fraction of sp³-hybridized carbons (Fsp3) is 0.667. The molecule has 2 fully saturated rings. The minimum atomic E-state index is -3.47. The number of hydrogen-bond donors (Lipinski definition) is 1. The molecular formula is C21H32N6O3S. The molecule has 4 rings (SSSR count). The van der Waals surface area contributed by atoms with E-state index in [0.717, 1.165) is 29.9 Å². The smallest absolute Gasteiger partial charge is 0.248 e. The van der Waals surface area contributed by atoms with Gasteiger partial charge in [-0.2, -0.15) is 0 Å². The van der Waals surface area contributed by atoms with Crippen LogP contribution in [0.2, 0.25) is 0 Å². The first-order chi connectivity index (χ1) is 14.6. The lowest BCUT2D eigenvalue weighted by Crippen LogP contribution is -2.27. The molecule has 31 heavy (non-hydrogen) atoms. The highest BCUT2D eigenvalue weighted by Crippen LogP contribution is 2.39. The van der Waals surface area contributed by atoms with Crippen molar-refractivity contribution in [3.05, 3.63) is 18.0 Å². The minimum absolute atomic E-state index is 0.276. The second-order valence-electron chi connectivity index (χ2n) is 9.17. The molecule has 3 atom stereocenters. The SMILES string of the molecule is CC1CC1CN(C)c1cc(-c2nnc(C(N)C3CCCC3)o2)cc(N(C)S(C)(=O)=O)n1. The van der Waals surface area contributed by atoms with Gasteiger partial charge in [0.15, 0.2) is 0 Å². The molecule has 2 aromatic heterocycles. The van der Waals surface area contributed by atoms with Gasteiger partial charge in [-0.05, 0) is 49.1 Å². The molecule has 2 heterocycles. The monoisotopic (exact) mass is 448 g/mol. The number of hydrogen-bond acceptors (Lipinski definition) is 8. The van der Waals surface area contributed by atoms with Crippen molar-refractivity contribution in [2.75, 3.05) is 36.1 Å². The maximum absolute atomic E-state index is 12.1. The molecule has 0 amide bonds. The second-order valence-corrected chi connectivity index (χ2v) is 11.2. The van der Waals surface area contributed by atoms with Gasteiger partial charge in [0.2, 0.25) is 21.8 Å². The fourth-order valence-electron chi connectivity index (χ4n) is 4.25. The van der Waals surface area contributed by atoms with Crippen molar-refractivity contribution in [1.82, 2.24) is 15.2 Å². The molecule has 0 aromatic carbocycles. The van der Waals surface area contributed by atoms with Gasteiger partial charge in [-0.3, -0.25) is 4.31 Å². The molecule has 0 bridgehead atoms. The molecule has 2 saturated carbocycles. The molecule has 0 aliphatic heterocycles. The fourth-order valence-corrected chi connectivity index (χ4v) is 4.69. The Labute approximate surface area is 184 Å². The Balaban J connectivity index is 1.66. The molecule has 0 saturated heterocycles. The van der Waals surface area contributed by atoms with Gasteiger partial charge in [0.25, 0.3) is 0 Å². The molecule has 0 spiro atoms. The Morgan fingerprint density at radius 2 is 1.84 bits per heavy atom. The third-order valence-electron chi connectivity index (χ3n) is 6.67. The number of nitrogens with zero attached hydrogens (tertiary/aromatic N) is 5. The van der Waals surface area contributed by atoms with E-state index in [1.165, 1.54) is 26.3 Å². The molecule has 170 valence electrons. The van der Waals surface area contributed by atoms with Crippen LogP contribution in [0.25, 0.3) is 11.5 Å². The molecule has 2 aromatic rings. The zero-order valence-corrected chi connectivity index (χ0v) is 19.5. The average Bonchev–Trinajstić information content (AvgIpc) is 3.17. The lowest BCUT2D eigenvalue weighted by molar-refractivity contribution is 0.361. The standard InChI is InChI=1S/C21H32N6O3S/c1-13-9-16(13)12-26(2)17-10-15(11-18(23-17)27(3)31(4,28)29)20-24-25-21(30-20)19(22)14-7-5-6-8-14/h10-11,13-14,16,19H,5-9,12,22H2,1-4H3. The van der Waals surface area contributed by atoms with E-state index in [1.54, 1.807) is 6.07 Å². The molecule has 0 radical (unpaired) electrons. The first kappa shape index (κ1) is 22.0. The third kappa shape index (κ3) is 4.85. The number of anilines is 2. The van der Waals surface area contributed by atoms with E-state index >= 15 is 0 Å². The van der Waals surface area contributed by atoms with Crippen molar-refractivity contribution < 1.29 is 12.8 Å². The van der Waals surface area contributed by atoms with Gasteiger partial charge < -0.3 is 15.1 Å². The highest BCUT2D eigenvalue weighted by atomic mass is 32.2. The van der Waals surface area contributed by atoms with Crippen LogP contribution in [0.5, 0.6) is 0 Å². The van der Waals surface area contributed by atoms with E-state index in [-0.39, 0.29) is 6.04 Å². The van der Waals surface area contributed by atoms with Crippen LogP contribution in [-0.4, -0.2) is 50.5 Å². The quantitative estimate of drug-likeness (QED) is 0.655. The summed E-state index contributed by atoms with van der Waals surface area (Å²) in [4.78, 5) is 6.65. The van der Waals surface area contributed by atoms with Crippen LogP contribution in [0.4, 0.5) is 11.6 Å². The molecule has 10 heteroatoms. The summed E-state index contributed by atoms with van der Waals surface area (Å²) in [5, 5.41) is 8.41. The van der Waals surface area contributed by atoms with Crippen LogP contribution in [-0.2, 0) is 10.0 Å². The summed E-state index contributed by atoms with van der Waals surface area (Å²) in [7, 11) is -0.0120. The van der Waals surface area contributed by atoms with Gasteiger partial charge in [0, 0.05) is 26.2 Å². The first-order valence-electron chi connectivity index (χ1n) is 10.9. The van der Waals surface area contributed by atoms with E-state index in [9.17, 15) is 8.42 Å². The largest absolute Gasteiger partial charge is 0.419 e. The summed E-state index contributed by atoms with van der Waals surface area (Å²) in [5.74, 6) is 3.43. The van der Waals surface area contributed by atoms with E-state index in [1.807, 2.05) is 13.1 Å². The Hall–Kier alpha value is -2.20. The van der Waals surface area contributed by atoms with Crippen LogP contribution < -0.4 is 14.9 Å². The van der Waals surface area contributed by atoms with Gasteiger partial charge in [-0.1, -0.05) is 19.8 Å². The van der Waals surface area contributed by atoms with Gasteiger partial charge in [0.05, 0.1) is 12.3 Å². The Morgan fingerprint density at radius 3 is 2.45 bits per heavy atom. The van der Waals surface area contributed by atoms with Crippen molar-refractivity contribution >= 4 is 21.7 Å². The van der Waals surface area contributed by atoms with E-state index in [4.69, 9.17) is 10.2 Å². The first-order valence-corrected chi connectivity index (χ1v) is 12.7. The van der Waals surface area contributed by atoms with Crippen molar-refractivity contribution in [3.8, 4) is 11.5 Å². The average molecular weight is 449 g/mol. The van der Waals surface area contributed by atoms with Gasteiger partial charge in [0.1, 0.15) is 11.6 Å².